The van der Waals surface area contributed by atoms with E-state index in [9.17, 15) is 9.59 Å². The largest absolute Gasteiger partial charge is 0.459 e. The third-order valence-electron chi connectivity index (χ3n) is 4.01. The van der Waals surface area contributed by atoms with E-state index in [0.717, 1.165) is 16.9 Å². The lowest BCUT2D eigenvalue weighted by Crippen LogP contribution is -2.16. The second-order valence-corrected chi connectivity index (χ2v) is 6.88. The number of benzene rings is 1. The highest BCUT2D eigenvalue weighted by Crippen LogP contribution is 2.12. The van der Waals surface area contributed by atoms with Crippen LogP contribution >= 0.6 is 11.3 Å². The second-order valence-electron chi connectivity index (χ2n) is 6.05. The SMILES string of the molecule is Cc1csc2nc(COC(=O)Cc3cnn(-c4ccccc4)c3)cc(=O)n12. The highest BCUT2D eigenvalue weighted by atomic mass is 32.1. The fourth-order valence-electron chi connectivity index (χ4n) is 2.72. The highest BCUT2D eigenvalue weighted by molar-refractivity contribution is 7.15. The average Bonchev–Trinajstić information content (AvgIpc) is 3.28. The molecule has 4 aromatic rings. The Morgan fingerprint density at radius 2 is 2.07 bits per heavy atom. The van der Waals surface area contributed by atoms with Crippen LogP contribution in [0.2, 0.25) is 0 Å². The number of fused-ring (bicyclic) bond motifs is 1. The molecule has 0 fully saturated rings. The number of hydrogen-bond donors (Lipinski definition) is 0. The molecule has 7 nitrogen and oxygen atoms in total. The maximum Gasteiger partial charge on any atom is 0.310 e. The summed E-state index contributed by atoms with van der Waals surface area (Å²) in [4.78, 5) is 29.2. The molecule has 3 heterocycles. The molecule has 3 aromatic heterocycles. The van der Waals surface area contributed by atoms with E-state index in [1.54, 1.807) is 17.1 Å². The van der Waals surface area contributed by atoms with Gasteiger partial charge in [-0.25, -0.2) is 9.67 Å². The summed E-state index contributed by atoms with van der Waals surface area (Å²) in [5.41, 5.74) is 2.78. The lowest BCUT2D eigenvalue weighted by atomic mass is 10.2. The summed E-state index contributed by atoms with van der Waals surface area (Å²) in [5, 5.41) is 6.12. The van der Waals surface area contributed by atoms with Gasteiger partial charge in [0.05, 0.1) is 24.0 Å². The van der Waals surface area contributed by atoms with E-state index in [0.29, 0.717) is 10.7 Å². The molecule has 0 amide bonds. The molecule has 0 radical (unpaired) electrons. The summed E-state index contributed by atoms with van der Waals surface area (Å²) >= 11 is 1.38. The van der Waals surface area contributed by atoms with Crippen molar-refractivity contribution in [2.45, 2.75) is 20.0 Å². The molecular weight excluding hydrogens is 364 g/mol. The number of para-hydroxylation sites is 1. The van der Waals surface area contributed by atoms with Gasteiger partial charge < -0.3 is 4.74 Å². The third kappa shape index (κ3) is 3.65. The number of carbonyl (C=O) groups is 1. The zero-order valence-corrected chi connectivity index (χ0v) is 15.3. The third-order valence-corrected chi connectivity index (χ3v) is 4.96. The van der Waals surface area contributed by atoms with Crippen LogP contribution in [0.1, 0.15) is 17.0 Å². The summed E-state index contributed by atoms with van der Waals surface area (Å²) in [6.07, 6.45) is 3.53. The molecular formula is C19H16N4O3S. The predicted molar refractivity (Wildman–Crippen MR) is 101 cm³/mol. The Labute approximate surface area is 158 Å². The minimum atomic E-state index is -0.396. The van der Waals surface area contributed by atoms with E-state index >= 15 is 0 Å². The van der Waals surface area contributed by atoms with Gasteiger partial charge in [-0.2, -0.15) is 5.10 Å². The number of nitrogens with zero attached hydrogens (tertiary/aromatic N) is 4. The first-order valence-corrected chi connectivity index (χ1v) is 9.19. The molecule has 0 saturated heterocycles. The van der Waals surface area contributed by atoms with Crippen LogP contribution in [0.3, 0.4) is 0 Å². The van der Waals surface area contributed by atoms with Gasteiger partial charge in [0.25, 0.3) is 5.56 Å². The molecule has 0 N–H and O–H groups in total. The number of thiazole rings is 1. The van der Waals surface area contributed by atoms with Crippen LogP contribution in [0.15, 0.2) is 59.0 Å². The van der Waals surface area contributed by atoms with Crippen molar-refractivity contribution < 1.29 is 9.53 Å². The number of hydrogen-bond acceptors (Lipinski definition) is 6. The normalized spacial score (nSPS) is 11.0. The van der Waals surface area contributed by atoms with Gasteiger partial charge >= 0.3 is 5.97 Å². The molecule has 0 aliphatic rings. The van der Waals surface area contributed by atoms with Crippen molar-refractivity contribution >= 4 is 22.3 Å². The minimum Gasteiger partial charge on any atom is -0.459 e. The number of ether oxygens (including phenoxy) is 1. The summed E-state index contributed by atoms with van der Waals surface area (Å²) in [6.45, 7) is 1.82. The Hall–Kier alpha value is -3.26. The molecule has 136 valence electrons. The topological polar surface area (TPSA) is 78.5 Å². The van der Waals surface area contributed by atoms with E-state index in [2.05, 4.69) is 10.1 Å². The summed E-state index contributed by atoms with van der Waals surface area (Å²) in [5.74, 6) is -0.396. The molecule has 8 heteroatoms. The van der Waals surface area contributed by atoms with Gasteiger partial charge in [-0.05, 0) is 19.1 Å². The van der Waals surface area contributed by atoms with Crippen molar-refractivity contribution in [1.82, 2.24) is 19.2 Å². The molecule has 27 heavy (non-hydrogen) atoms. The first kappa shape index (κ1) is 17.2. The summed E-state index contributed by atoms with van der Waals surface area (Å²) < 4.78 is 8.52. The van der Waals surface area contributed by atoms with Gasteiger partial charge in [-0.3, -0.25) is 14.0 Å². The molecule has 0 atom stereocenters. The summed E-state index contributed by atoms with van der Waals surface area (Å²) in [6, 6.07) is 11.0. The zero-order valence-electron chi connectivity index (χ0n) is 14.5. The second kappa shape index (κ2) is 7.16. The Balaban J connectivity index is 1.40. The predicted octanol–water partition coefficient (Wildman–Crippen LogP) is 2.54. The average molecular weight is 380 g/mol. The van der Waals surface area contributed by atoms with Crippen LogP contribution in [-0.4, -0.2) is 25.1 Å². The van der Waals surface area contributed by atoms with E-state index in [1.165, 1.54) is 21.8 Å². The van der Waals surface area contributed by atoms with Crippen LogP contribution in [0.5, 0.6) is 0 Å². The number of esters is 1. The Morgan fingerprint density at radius 3 is 2.89 bits per heavy atom. The quantitative estimate of drug-likeness (QED) is 0.497. The number of rotatable bonds is 5. The summed E-state index contributed by atoms with van der Waals surface area (Å²) in [7, 11) is 0. The number of aromatic nitrogens is 4. The van der Waals surface area contributed by atoms with Crippen molar-refractivity contribution in [2.75, 3.05) is 0 Å². The van der Waals surface area contributed by atoms with Crippen molar-refractivity contribution in [3.8, 4) is 5.69 Å². The molecule has 0 unspecified atom stereocenters. The van der Waals surface area contributed by atoms with Crippen molar-refractivity contribution in [2.24, 2.45) is 0 Å². The number of carbonyl (C=O) groups excluding carboxylic acids is 1. The van der Waals surface area contributed by atoms with Gasteiger partial charge in [-0.1, -0.05) is 18.2 Å². The standard InChI is InChI=1S/C19H16N4O3S/c1-13-12-27-19-21-15(8-17(24)23(13)19)11-26-18(25)7-14-9-20-22(10-14)16-5-3-2-4-6-16/h2-6,8-10,12H,7,11H2,1H3. The molecule has 0 saturated carbocycles. The monoisotopic (exact) mass is 380 g/mol. The fraction of sp³-hybridized carbons (Fsp3) is 0.158. The Morgan fingerprint density at radius 1 is 1.26 bits per heavy atom. The van der Waals surface area contributed by atoms with Crippen LogP contribution in [-0.2, 0) is 22.6 Å². The maximum atomic E-state index is 12.1. The molecule has 1 aromatic carbocycles. The van der Waals surface area contributed by atoms with E-state index in [1.807, 2.05) is 42.6 Å². The Bertz CT molecular complexity index is 1160. The first-order chi connectivity index (χ1) is 13.1. The van der Waals surface area contributed by atoms with Gasteiger partial charge in [0.15, 0.2) is 4.96 Å². The Kier molecular flexibility index (Phi) is 4.55. The molecule has 0 aliphatic carbocycles. The van der Waals surface area contributed by atoms with Crippen molar-refractivity contribution in [3.63, 3.8) is 0 Å². The van der Waals surface area contributed by atoms with Gasteiger partial charge in [0.1, 0.15) is 6.61 Å². The smallest absolute Gasteiger partial charge is 0.310 e. The fourth-order valence-corrected chi connectivity index (χ4v) is 3.61. The first-order valence-electron chi connectivity index (χ1n) is 8.31. The van der Waals surface area contributed by atoms with E-state index < -0.39 is 5.97 Å². The van der Waals surface area contributed by atoms with Gasteiger partial charge in [0, 0.05) is 28.9 Å². The van der Waals surface area contributed by atoms with Crippen molar-refractivity contribution in [3.05, 3.63) is 81.5 Å². The van der Waals surface area contributed by atoms with E-state index in [4.69, 9.17) is 4.74 Å². The zero-order chi connectivity index (χ0) is 18.8. The van der Waals surface area contributed by atoms with Gasteiger partial charge in [0.2, 0.25) is 0 Å². The molecule has 4 rings (SSSR count). The van der Waals surface area contributed by atoms with E-state index in [-0.39, 0.29) is 18.6 Å². The highest BCUT2D eigenvalue weighted by Gasteiger charge is 2.11. The van der Waals surface area contributed by atoms with Crippen molar-refractivity contribution in [1.29, 1.82) is 0 Å². The van der Waals surface area contributed by atoms with Crippen LogP contribution in [0, 0.1) is 6.92 Å². The van der Waals surface area contributed by atoms with Gasteiger partial charge in [-0.15, -0.1) is 11.3 Å². The molecule has 0 aliphatic heterocycles. The van der Waals surface area contributed by atoms with Crippen LogP contribution in [0.25, 0.3) is 10.6 Å². The lowest BCUT2D eigenvalue weighted by molar-refractivity contribution is -0.144. The minimum absolute atomic E-state index is 0.0334. The van der Waals surface area contributed by atoms with Crippen LogP contribution < -0.4 is 5.56 Å². The number of aryl methyl sites for hydroxylation is 1. The van der Waals surface area contributed by atoms with Crippen LogP contribution in [0.4, 0.5) is 0 Å². The molecule has 0 spiro atoms. The molecule has 0 bridgehead atoms. The lowest BCUT2D eigenvalue weighted by Gasteiger charge is -2.04. The maximum absolute atomic E-state index is 12.1.